The molecule has 18 heavy (non-hydrogen) atoms. The van der Waals surface area contributed by atoms with Gasteiger partial charge in [-0.1, -0.05) is 24.3 Å². The second-order valence-electron chi connectivity index (χ2n) is 3.84. The van der Waals surface area contributed by atoms with Crippen molar-refractivity contribution in [3.05, 3.63) is 42.2 Å². The summed E-state index contributed by atoms with van der Waals surface area (Å²) in [6, 6.07) is 6.03. The molecule has 1 aromatic carbocycles. The molecule has 0 saturated heterocycles. The summed E-state index contributed by atoms with van der Waals surface area (Å²) in [6.07, 6.45) is 3.94. The third kappa shape index (κ3) is 4.57. The largest absolute Gasteiger partial charge is 0.478 e. The first-order valence-corrected chi connectivity index (χ1v) is 5.95. The van der Waals surface area contributed by atoms with Gasteiger partial charge in [-0.05, 0) is 32.4 Å². The molecule has 3 nitrogen and oxygen atoms in total. The second-order valence-corrected chi connectivity index (χ2v) is 3.84. The predicted octanol–water partition coefficient (Wildman–Crippen LogP) is 2.68. The van der Waals surface area contributed by atoms with Crippen molar-refractivity contribution in [3.8, 4) is 5.75 Å². The molecule has 0 heterocycles. The molecule has 0 aliphatic rings. The van der Waals surface area contributed by atoms with Gasteiger partial charge in [0, 0.05) is 6.54 Å². The van der Waals surface area contributed by atoms with Crippen LogP contribution in [0.25, 0.3) is 0 Å². The van der Waals surface area contributed by atoms with Gasteiger partial charge in [-0.3, -0.25) is 4.79 Å². The number of allylic oxidation sites excluding steroid dienone is 1. The molecule has 0 aromatic heterocycles. The van der Waals surface area contributed by atoms with Crippen molar-refractivity contribution >= 4 is 5.91 Å². The average Bonchev–Trinajstić information content (AvgIpc) is 2.37. The molecule has 1 N–H and O–H groups in total. The van der Waals surface area contributed by atoms with Crippen LogP contribution in [-0.2, 0) is 4.79 Å². The number of benzene rings is 1. The minimum absolute atomic E-state index is 0.0913. The molecule has 4 heteroatoms. The Morgan fingerprint density at radius 1 is 1.50 bits per heavy atom. The van der Waals surface area contributed by atoms with Gasteiger partial charge in [0.1, 0.15) is 0 Å². The van der Waals surface area contributed by atoms with Crippen LogP contribution in [0, 0.1) is 5.82 Å². The molecule has 1 unspecified atom stereocenters. The maximum absolute atomic E-state index is 13.3. The van der Waals surface area contributed by atoms with Crippen LogP contribution in [0.1, 0.15) is 20.3 Å². The monoisotopic (exact) mass is 251 g/mol. The number of carbonyl (C=O) groups excluding carboxylic acids is 1. The third-order valence-corrected chi connectivity index (χ3v) is 2.36. The van der Waals surface area contributed by atoms with E-state index in [0.29, 0.717) is 6.54 Å². The number of hydrogen-bond acceptors (Lipinski definition) is 2. The molecule has 0 bridgehead atoms. The normalized spacial score (nSPS) is 12.4. The fourth-order valence-electron chi connectivity index (χ4n) is 1.37. The number of halogens is 1. The van der Waals surface area contributed by atoms with E-state index in [9.17, 15) is 9.18 Å². The Labute approximate surface area is 107 Å². The van der Waals surface area contributed by atoms with Gasteiger partial charge in [0.2, 0.25) is 0 Å². The quantitative estimate of drug-likeness (QED) is 0.623. The highest BCUT2D eigenvalue weighted by atomic mass is 19.1. The second kappa shape index (κ2) is 7.48. The predicted molar refractivity (Wildman–Crippen MR) is 68.9 cm³/mol. The molecule has 1 amide bonds. The summed E-state index contributed by atoms with van der Waals surface area (Å²) >= 11 is 0. The Morgan fingerprint density at radius 3 is 2.89 bits per heavy atom. The molecule has 1 aromatic rings. The highest BCUT2D eigenvalue weighted by Crippen LogP contribution is 2.16. The fraction of sp³-hybridized carbons (Fsp3) is 0.357. The maximum atomic E-state index is 13.3. The van der Waals surface area contributed by atoms with E-state index in [2.05, 4.69) is 5.32 Å². The average molecular weight is 251 g/mol. The summed E-state index contributed by atoms with van der Waals surface area (Å²) < 4.78 is 18.6. The molecule has 0 aliphatic heterocycles. The Kier molecular flexibility index (Phi) is 5.91. The van der Waals surface area contributed by atoms with Gasteiger partial charge in [-0.15, -0.1) is 0 Å². The van der Waals surface area contributed by atoms with Crippen molar-refractivity contribution in [2.45, 2.75) is 26.4 Å². The van der Waals surface area contributed by atoms with Gasteiger partial charge in [0.05, 0.1) is 0 Å². The van der Waals surface area contributed by atoms with Crippen LogP contribution >= 0.6 is 0 Å². The first kappa shape index (κ1) is 14.2. The highest BCUT2D eigenvalue weighted by Gasteiger charge is 2.15. The van der Waals surface area contributed by atoms with E-state index < -0.39 is 11.9 Å². The maximum Gasteiger partial charge on any atom is 0.260 e. The summed E-state index contributed by atoms with van der Waals surface area (Å²) in [5, 5.41) is 2.72. The van der Waals surface area contributed by atoms with Gasteiger partial charge in [0.15, 0.2) is 17.7 Å². The summed E-state index contributed by atoms with van der Waals surface area (Å²) in [5.41, 5.74) is 0. The zero-order valence-corrected chi connectivity index (χ0v) is 10.7. The Balaban J connectivity index is 2.42. The number of rotatable bonds is 6. The van der Waals surface area contributed by atoms with Crippen molar-refractivity contribution in [1.82, 2.24) is 5.32 Å². The molecule has 0 radical (unpaired) electrons. The van der Waals surface area contributed by atoms with E-state index in [1.807, 2.05) is 19.1 Å². The summed E-state index contributed by atoms with van der Waals surface area (Å²) in [5.74, 6) is -0.623. The first-order valence-electron chi connectivity index (χ1n) is 5.95. The molecular formula is C14H18FNO2. The van der Waals surface area contributed by atoms with Gasteiger partial charge in [-0.25, -0.2) is 4.39 Å². The smallest absolute Gasteiger partial charge is 0.260 e. The number of carbonyl (C=O) groups is 1. The lowest BCUT2D eigenvalue weighted by Crippen LogP contribution is -2.36. The van der Waals surface area contributed by atoms with Gasteiger partial charge >= 0.3 is 0 Å². The van der Waals surface area contributed by atoms with Crippen LogP contribution < -0.4 is 10.1 Å². The van der Waals surface area contributed by atoms with Crippen molar-refractivity contribution in [1.29, 1.82) is 0 Å². The molecule has 1 rings (SSSR count). The van der Waals surface area contributed by atoms with Crippen molar-refractivity contribution in [3.63, 3.8) is 0 Å². The zero-order chi connectivity index (χ0) is 13.4. The zero-order valence-electron chi connectivity index (χ0n) is 10.7. The Bertz CT molecular complexity index is 418. The number of ether oxygens (including phenoxy) is 1. The van der Waals surface area contributed by atoms with Crippen molar-refractivity contribution < 1.29 is 13.9 Å². The topological polar surface area (TPSA) is 38.3 Å². The lowest BCUT2D eigenvalue weighted by atomic mass is 10.3. The van der Waals surface area contributed by atoms with E-state index >= 15 is 0 Å². The van der Waals surface area contributed by atoms with Gasteiger partial charge in [0.25, 0.3) is 5.91 Å². The standard InChI is InChI=1S/C14H18FNO2/c1-3-4-7-10-16-14(17)11(2)18-13-9-6-5-8-12(13)15/h3-6,8-9,11H,7,10H2,1-2H3,(H,16,17)/b4-3+. The lowest BCUT2D eigenvalue weighted by Gasteiger charge is -2.14. The van der Waals surface area contributed by atoms with Crippen LogP contribution in [0.3, 0.4) is 0 Å². The van der Waals surface area contributed by atoms with Gasteiger partial charge < -0.3 is 10.1 Å². The lowest BCUT2D eigenvalue weighted by molar-refractivity contribution is -0.127. The van der Waals surface area contributed by atoms with E-state index in [-0.39, 0.29) is 11.7 Å². The molecule has 1 atom stereocenters. The van der Waals surface area contributed by atoms with Crippen LogP contribution in [0.2, 0.25) is 0 Å². The Morgan fingerprint density at radius 2 is 2.22 bits per heavy atom. The van der Waals surface area contributed by atoms with Crippen LogP contribution in [0.5, 0.6) is 5.75 Å². The number of hydrogen-bond donors (Lipinski definition) is 1. The van der Waals surface area contributed by atoms with E-state index in [0.717, 1.165) is 6.42 Å². The minimum atomic E-state index is -0.715. The van der Waals surface area contributed by atoms with Crippen molar-refractivity contribution in [2.75, 3.05) is 6.54 Å². The highest BCUT2D eigenvalue weighted by molar-refractivity contribution is 5.80. The molecule has 0 saturated carbocycles. The minimum Gasteiger partial charge on any atom is -0.478 e. The SMILES string of the molecule is C/C=C/CCNC(=O)C(C)Oc1ccccc1F. The van der Waals surface area contributed by atoms with Crippen molar-refractivity contribution in [2.24, 2.45) is 0 Å². The molecule has 98 valence electrons. The van der Waals surface area contributed by atoms with Crippen LogP contribution in [0.15, 0.2) is 36.4 Å². The molecule has 0 spiro atoms. The number of nitrogens with one attached hydrogen (secondary N) is 1. The van der Waals surface area contributed by atoms with E-state index in [4.69, 9.17) is 4.74 Å². The number of para-hydroxylation sites is 1. The van der Waals surface area contributed by atoms with Crippen LogP contribution in [0.4, 0.5) is 4.39 Å². The molecular weight excluding hydrogens is 233 g/mol. The Hall–Kier alpha value is -1.84. The van der Waals surface area contributed by atoms with Crippen LogP contribution in [-0.4, -0.2) is 18.6 Å². The summed E-state index contributed by atoms with van der Waals surface area (Å²) in [7, 11) is 0. The number of amides is 1. The fourth-order valence-corrected chi connectivity index (χ4v) is 1.37. The first-order chi connectivity index (χ1) is 8.65. The summed E-state index contributed by atoms with van der Waals surface area (Å²) in [6.45, 7) is 4.07. The molecule has 0 fully saturated rings. The summed E-state index contributed by atoms with van der Waals surface area (Å²) in [4.78, 5) is 11.6. The van der Waals surface area contributed by atoms with E-state index in [1.54, 1.807) is 19.1 Å². The van der Waals surface area contributed by atoms with Gasteiger partial charge in [-0.2, -0.15) is 0 Å². The third-order valence-electron chi connectivity index (χ3n) is 2.36. The van der Waals surface area contributed by atoms with E-state index in [1.165, 1.54) is 12.1 Å². The molecule has 0 aliphatic carbocycles.